The van der Waals surface area contributed by atoms with Crippen molar-refractivity contribution in [3.05, 3.63) is 71.9 Å². The third-order valence-corrected chi connectivity index (χ3v) is 6.45. The lowest BCUT2D eigenvalue weighted by molar-refractivity contribution is -0.163. The van der Waals surface area contributed by atoms with Gasteiger partial charge in [0.15, 0.2) is 0 Å². The van der Waals surface area contributed by atoms with Crippen molar-refractivity contribution in [2.24, 2.45) is 5.92 Å². The summed E-state index contributed by atoms with van der Waals surface area (Å²) in [5, 5.41) is 1.08. The van der Waals surface area contributed by atoms with Crippen LogP contribution in [0.5, 0.6) is 0 Å². The van der Waals surface area contributed by atoms with E-state index in [0.29, 0.717) is 25.7 Å². The fraction of sp³-hybridized carbons (Fsp3) is 0.393. The van der Waals surface area contributed by atoms with Gasteiger partial charge in [-0.3, -0.25) is 4.79 Å². The Morgan fingerprint density at radius 1 is 1.03 bits per heavy atom. The number of Topliss-reactive ketones (excluding diaryl/α,β-unsaturated/α-hetero) is 1. The monoisotopic (exact) mass is 462 g/mol. The zero-order valence-electron chi connectivity index (χ0n) is 20.5. The predicted molar refractivity (Wildman–Crippen MR) is 133 cm³/mol. The van der Waals surface area contributed by atoms with Crippen LogP contribution in [0.4, 0.5) is 0 Å². The highest BCUT2D eigenvalue weighted by molar-refractivity contribution is 5.89. The summed E-state index contributed by atoms with van der Waals surface area (Å²) >= 11 is 0. The summed E-state index contributed by atoms with van der Waals surface area (Å²) < 4.78 is 5.54. The van der Waals surface area contributed by atoms with E-state index in [9.17, 15) is 14.4 Å². The first-order valence-corrected chi connectivity index (χ1v) is 11.7. The van der Waals surface area contributed by atoms with Gasteiger partial charge in [0.25, 0.3) is 0 Å². The molecule has 0 aliphatic rings. The number of H-pyrrole nitrogens is 1. The largest absolute Gasteiger partial charge is 0.459 e. The summed E-state index contributed by atoms with van der Waals surface area (Å²) in [6, 6.07) is 17.4. The van der Waals surface area contributed by atoms with Crippen LogP contribution >= 0.6 is 0 Å². The molecular formula is C28H34N2O4. The molecule has 6 nitrogen and oxygen atoms in total. The second kappa shape index (κ2) is 11.1. The maximum absolute atomic E-state index is 13.6. The van der Waals surface area contributed by atoms with Gasteiger partial charge in [0.1, 0.15) is 17.9 Å². The average molecular weight is 463 g/mol. The average Bonchev–Trinajstić information content (AvgIpc) is 3.24. The van der Waals surface area contributed by atoms with Crippen molar-refractivity contribution in [1.29, 1.82) is 0 Å². The van der Waals surface area contributed by atoms with E-state index in [-0.39, 0.29) is 24.2 Å². The number of rotatable bonds is 11. The van der Waals surface area contributed by atoms with Crippen molar-refractivity contribution in [2.45, 2.75) is 58.6 Å². The lowest BCUT2D eigenvalue weighted by Crippen LogP contribution is -2.53. The highest BCUT2D eigenvalue weighted by Gasteiger charge is 2.39. The van der Waals surface area contributed by atoms with Crippen LogP contribution < -0.4 is 0 Å². The SMILES string of the molecule is CC(=O)CCC[C@H](Cc1c[nH]c2ccccc12)C(=O)N(C)C(C)(C)C(=O)OCc1ccccc1. The smallest absolute Gasteiger partial charge is 0.331 e. The summed E-state index contributed by atoms with van der Waals surface area (Å²) in [4.78, 5) is 42.8. The van der Waals surface area contributed by atoms with E-state index in [4.69, 9.17) is 4.74 Å². The normalized spacial score (nSPS) is 12.4. The number of aromatic nitrogens is 1. The molecule has 2 aromatic carbocycles. The second-order valence-electron chi connectivity index (χ2n) is 9.37. The molecule has 1 N–H and O–H groups in total. The van der Waals surface area contributed by atoms with Gasteiger partial charge in [-0.15, -0.1) is 0 Å². The number of hydrogen-bond acceptors (Lipinski definition) is 4. The van der Waals surface area contributed by atoms with Gasteiger partial charge in [-0.25, -0.2) is 4.79 Å². The Kier molecular flexibility index (Phi) is 8.26. The number of esters is 1. The molecule has 0 fully saturated rings. The molecule has 1 heterocycles. The first-order chi connectivity index (χ1) is 16.2. The first kappa shape index (κ1) is 25.2. The molecule has 1 atom stereocenters. The summed E-state index contributed by atoms with van der Waals surface area (Å²) in [5.41, 5.74) is 1.83. The van der Waals surface area contributed by atoms with Gasteiger partial charge in [-0.2, -0.15) is 0 Å². The Morgan fingerprint density at radius 2 is 1.71 bits per heavy atom. The molecule has 0 unspecified atom stereocenters. The molecule has 0 saturated heterocycles. The zero-order chi connectivity index (χ0) is 24.7. The van der Waals surface area contributed by atoms with Crippen LogP contribution in [0.15, 0.2) is 60.8 Å². The number of nitrogens with one attached hydrogen (secondary N) is 1. The molecule has 0 saturated carbocycles. The van der Waals surface area contributed by atoms with Crippen molar-refractivity contribution in [3.63, 3.8) is 0 Å². The molecule has 3 aromatic rings. The zero-order valence-corrected chi connectivity index (χ0v) is 20.5. The van der Waals surface area contributed by atoms with Gasteiger partial charge < -0.3 is 19.4 Å². The summed E-state index contributed by atoms with van der Waals surface area (Å²) in [5.74, 6) is -0.835. The molecule has 34 heavy (non-hydrogen) atoms. The van der Waals surface area contributed by atoms with Gasteiger partial charge in [-0.1, -0.05) is 48.5 Å². The highest BCUT2D eigenvalue weighted by Crippen LogP contribution is 2.27. The molecule has 0 radical (unpaired) electrons. The van der Waals surface area contributed by atoms with Crippen LogP contribution in [0.2, 0.25) is 0 Å². The van der Waals surface area contributed by atoms with Crippen LogP contribution in [0.25, 0.3) is 10.9 Å². The molecule has 0 spiro atoms. The van der Waals surface area contributed by atoms with Gasteiger partial charge in [0.2, 0.25) is 5.91 Å². The molecule has 6 heteroatoms. The van der Waals surface area contributed by atoms with E-state index in [1.807, 2.05) is 60.8 Å². The number of aromatic amines is 1. The fourth-order valence-corrected chi connectivity index (χ4v) is 4.06. The molecule has 3 rings (SSSR count). The number of likely N-dealkylation sites (N-methyl/N-ethyl adjacent to an activating group) is 1. The minimum absolute atomic E-state index is 0.108. The van der Waals surface area contributed by atoms with E-state index in [0.717, 1.165) is 22.0 Å². The number of ketones is 1. The number of amides is 1. The first-order valence-electron chi connectivity index (χ1n) is 11.7. The van der Waals surface area contributed by atoms with E-state index in [1.54, 1.807) is 27.8 Å². The third kappa shape index (κ3) is 6.13. The number of nitrogens with zero attached hydrogens (tertiary/aromatic N) is 1. The minimum atomic E-state index is -1.13. The number of para-hydroxylation sites is 1. The number of fused-ring (bicyclic) bond motifs is 1. The molecule has 0 aliphatic carbocycles. The molecule has 1 amide bonds. The van der Waals surface area contributed by atoms with E-state index >= 15 is 0 Å². The van der Waals surface area contributed by atoms with Crippen LogP contribution in [-0.4, -0.2) is 40.1 Å². The number of hydrogen-bond donors (Lipinski definition) is 1. The molecular weight excluding hydrogens is 428 g/mol. The summed E-state index contributed by atoms with van der Waals surface area (Å²) in [7, 11) is 1.65. The maximum Gasteiger partial charge on any atom is 0.331 e. The van der Waals surface area contributed by atoms with Crippen LogP contribution in [0.1, 0.15) is 51.2 Å². The van der Waals surface area contributed by atoms with Crippen molar-refractivity contribution >= 4 is 28.6 Å². The second-order valence-corrected chi connectivity index (χ2v) is 9.37. The lowest BCUT2D eigenvalue weighted by atomic mass is 9.90. The van der Waals surface area contributed by atoms with Crippen LogP contribution in [0, 0.1) is 5.92 Å². The number of ether oxygens (including phenoxy) is 1. The fourth-order valence-electron chi connectivity index (χ4n) is 4.06. The predicted octanol–water partition coefficient (Wildman–Crippen LogP) is 5.07. The Hall–Kier alpha value is -3.41. The van der Waals surface area contributed by atoms with Crippen LogP contribution in [0.3, 0.4) is 0 Å². The molecule has 180 valence electrons. The minimum Gasteiger partial charge on any atom is -0.459 e. The lowest BCUT2D eigenvalue weighted by Gasteiger charge is -2.35. The van der Waals surface area contributed by atoms with E-state index in [1.165, 1.54) is 4.90 Å². The van der Waals surface area contributed by atoms with Crippen molar-refractivity contribution in [3.8, 4) is 0 Å². The Morgan fingerprint density at radius 3 is 2.41 bits per heavy atom. The summed E-state index contributed by atoms with van der Waals surface area (Å²) in [6.45, 7) is 5.13. The van der Waals surface area contributed by atoms with E-state index < -0.39 is 11.5 Å². The maximum atomic E-state index is 13.6. The molecule has 1 aromatic heterocycles. The molecule has 0 aliphatic heterocycles. The van der Waals surface area contributed by atoms with Crippen molar-refractivity contribution in [2.75, 3.05) is 7.05 Å². The van der Waals surface area contributed by atoms with Gasteiger partial charge in [0.05, 0.1) is 0 Å². The Labute approximate surface area is 201 Å². The molecule has 0 bridgehead atoms. The third-order valence-electron chi connectivity index (χ3n) is 6.45. The number of carbonyl (C=O) groups is 3. The van der Waals surface area contributed by atoms with Gasteiger partial charge >= 0.3 is 5.97 Å². The Bertz CT molecular complexity index is 1130. The standard InChI is InChI=1S/C28H34N2O4/c1-20(31)11-10-14-22(17-23-18-29-25-16-9-8-15-24(23)25)26(32)30(4)28(2,3)27(33)34-19-21-12-6-5-7-13-21/h5-9,12-13,15-16,18,22,29H,10-11,14,17,19H2,1-4H3/t22-/m1/s1. The number of carbonyl (C=O) groups excluding carboxylic acids is 3. The quantitative estimate of drug-likeness (QED) is 0.404. The Balaban J connectivity index is 1.74. The van der Waals surface area contributed by atoms with E-state index in [2.05, 4.69) is 4.98 Å². The van der Waals surface area contributed by atoms with Gasteiger partial charge in [0, 0.05) is 36.5 Å². The highest BCUT2D eigenvalue weighted by atomic mass is 16.5. The number of benzene rings is 2. The van der Waals surface area contributed by atoms with Crippen LogP contribution in [-0.2, 0) is 32.1 Å². The summed E-state index contributed by atoms with van der Waals surface area (Å²) in [6.07, 6.45) is 4.09. The van der Waals surface area contributed by atoms with Gasteiger partial charge in [-0.05, 0) is 57.2 Å². The van der Waals surface area contributed by atoms with Crippen molar-refractivity contribution < 1.29 is 19.1 Å². The van der Waals surface area contributed by atoms with Crippen molar-refractivity contribution in [1.82, 2.24) is 9.88 Å². The topological polar surface area (TPSA) is 79.5 Å².